The van der Waals surface area contributed by atoms with Gasteiger partial charge in [0.1, 0.15) is 5.75 Å². The molecule has 0 saturated heterocycles. The summed E-state index contributed by atoms with van der Waals surface area (Å²) in [4.78, 5) is 12.5. The summed E-state index contributed by atoms with van der Waals surface area (Å²) in [5, 5.41) is 3.13. The lowest BCUT2D eigenvalue weighted by atomic mass is 9.95. The van der Waals surface area contributed by atoms with Crippen LogP contribution in [-0.4, -0.2) is 13.0 Å². The number of ether oxygens (including phenoxy) is 1. The van der Waals surface area contributed by atoms with Crippen LogP contribution in [0.3, 0.4) is 0 Å². The Kier molecular flexibility index (Phi) is 5.21. The van der Waals surface area contributed by atoms with Gasteiger partial charge in [-0.1, -0.05) is 43.7 Å². The van der Waals surface area contributed by atoms with Gasteiger partial charge in [0.15, 0.2) is 0 Å². The molecule has 0 fully saturated rings. The Morgan fingerprint density at radius 1 is 1.09 bits per heavy atom. The van der Waals surface area contributed by atoms with E-state index in [2.05, 4.69) is 19.2 Å². The van der Waals surface area contributed by atoms with Crippen LogP contribution in [0.5, 0.6) is 5.75 Å². The van der Waals surface area contributed by atoms with Gasteiger partial charge in [-0.15, -0.1) is 0 Å². The van der Waals surface area contributed by atoms with Gasteiger partial charge >= 0.3 is 0 Å². The Morgan fingerprint density at radius 2 is 1.77 bits per heavy atom. The maximum Gasteiger partial charge on any atom is 0.251 e. The van der Waals surface area contributed by atoms with Gasteiger partial charge < -0.3 is 10.1 Å². The predicted molar refractivity (Wildman–Crippen MR) is 89.2 cm³/mol. The summed E-state index contributed by atoms with van der Waals surface area (Å²) in [5.41, 5.74) is 2.86. The van der Waals surface area contributed by atoms with Crippen LogP contribution >= 0.6 is 0 Å². The number of aryl methyl sites for hydroxylation is 1. The summed E-state index contributed by atoms with van der Waals surface area (Å²) in [6.07, 6.45) is 0. The minimum absolute atomic E-state index is 0.0288. The van der Waals surface area contributed by atoms with Crippen LogP contribution < -0.4 is 10.1 Å². The molecule has 116 valence electrons. The van der Waals surface area contributed by atoms with Crippen molar-refractivity contribution in [2.45, 2.75) is 26.8 Å². The molecule has 0 aliphatic carbocycles. The van der Waals surface area contributed by atoms with Crippen molar-refractivity contribution in [1.29, 1.82) is 0 Å². The molecule has 1 amide bonds. The first kappa shape index (κ1) is 16.1. The van der Waals surface area contributed by atoms with Gasteiger partial charge in [-0.25, -0.2) is 0 Å². The molecule has 3 heteroatoms. The fourth-order valence-corrected chi connectivity index (χ4v) is 2.46. The van der Waals surface area contributed by atoms with E-state index < -0.39 is 0 Å². The van der Waals surface area contributed by atoms with Crippen molar-refractivity contribution in [2.24, 2.45) is 5.92 Å². The normalized spacial score (nSPS) is 12.0. The number of hydrogen-bond acceptors (Lipinski definition) is 2. The van der Waals surface area contributed by atoms with Crippen molar-refractivity contribution in [3.63, 3.8) is 0 Å². The zero-order valence-electron chi connectivity index (χ0n) is 13.6. The van der Waals surface area contributed by atoms with Gasteiger partial charge in [-0.3, -0.25) is 4.79 Å². The molecule has 0 heterocycles. The average Bonchev–Trinajstić information content (AvgIpc) is 2.52. The molecule has 0 unspecified atom stereocenters. The quantitative estimate of drug-likeness (QED) is 0.901. The summed E-state index contributed by atoms with van der Waals surface area (Å²) >= 11 is 0. The SMILES string of the molecule is COc1ccc([C@@H](NC(=O)c2cccc(C)c2)C(C)C)cc1. The Bertz CT molecular complexity index is 632. The first-order chi connectivity index (χ1) is 10.5. The lowest BCUT2D eigenvalue weighted by molar-refractivity contribution is 0.0925. The van der Waals surface area contributed by atoms with Gasteiger partial charge in [0.25, 0.3) is 5.91 Å². The van der Waals surface area contributed by atoms with E-state index >= 15 is 0 Å². The van der Waals surface area contributed by atoms with E-state index in [1.54, 1.807) is 7.11 Å². The van der Waals surface area contributed by atoms with E-state index in [1.165, 1.54) is 0 Å². The van der Waals surface area contributed by atoms with E-state index in [4.69, 9.17) is 4.74 Å². The molecular weight excluding hydrogens is 274 g/mol. The Hall–Kier alpha value is -2.29. The standard InChI is InChI=1S/C19H23NO2/c1-13(2)18(15-8-10-17(22-4)11-9-15)20-19(21)16-7-5-6-14(3)12-16/h5-13,18H,1-4H3,(H,20,21)/t18-/m0/s1. The van der Waals surface area contributed by atoms with E-state index in [9.17, 15) is 4.79 Å². The smallest absolute Gasteiger partial charge is 0.251 e. The molecular formula is C19H23NO2. The zero-order valence-corrected chi connectivity index (χ0v) is 13.6. The summed E-state index contributed by atoms with van der Waals surface area (Å²) in [5.74, 6) is 1.07. The number of carbonyl (C=O) groups excluding carboxylic acids is 1. The average molecular weight is 297 g/mol. The van der Waals surface area contributed by atoms with Crippen LogP contribution in [0.4, 0.5) is 0 Å². The molecule has 0 spiro atoms. The molecule has 22 heavy (non-hydrogen) atoms. The highest BCUT2D eigenvalue weighted by Crippen LogP contribution is 2.24. The molecule has 1 atom stereocenters. The fourth-order valence-electron chi connectivity index (χ4n) is 2.46. The molecule has 0 bridgehead atoms. The number of benzene rings is 2. The summed E-state index contributed by atoms with van der Waals surface area (Å²) in [7, 11) is 1.65. The summed E-state index contributed by atoms with van der Waals surface area (Å²) in [6, 6.07) is 15.4. The van der Waals surface area contributed by atoms with E-state index in [0.29, 0.717) is 11.5 Å². The topological polar surface area (TPSA) is 38.3 Å². The molecule has 0 aliphatic rings. The van der Waals surface area contributed by atoms with Gasteiger partial charge in [-0.05, 0) is 42.7 Å². The number of nitrogens with one attached hydrogen (secondary N) is 1. The number of amides is 1. The number of hydrogen-bond donors (Lipinski definition) is 1. The maximum atomic E-state index is 12.5. The summed E-state index contributed by atoms with van der Waals surface area (Å²) < 4.78 is 5.19. The summed E-state index contributed by atoms with van der Waals surface area (Å²) in [6.45, 7) is 6.19. The number of carbonyl (C=O) groups is 1. The van der Waals surface area contributed by atoms with Gasteiger partial charge in [0, 0.05) is 5.56 Å². The van der Waals surface area contributed by atoms with E-state index in [0.717, 1.165) is 16.9 Å². The monoisotopic (exact) mass is 297 g/mol. The van der Waals surface area contributed by atoms with Crippen molar-refractivity contribution in [3.8, 4) is 5.75 Å². The lowest BCUT2D eigenvalue weighted by Gasteiger charge is -2.23. The molecule has 0 aliphatic heterocycles. The zero-order chi connectivity index (χ0) is 16.1. The Labute approximate surface area is 132 Å². The predicted octanol–water partition coefficient (Wildman–Crippen LogP) is 4.13. The third kappa shape index (κ3) is 3.88. The van der Waals surface area contributed by atoms with Crippen LogP contribution in [0.2, 0.25) is 0 Å². The molecule has 3 nitrogen and oxygen atoms in total. The van der Waals surface area contributed by atoms with Crippen molar-refractivity contribution >= 4 is 5.91 Å². The van der Waals surface area contributed by atoms with Crippen LogP contribution in [0.15, 0.2) is 48.5 Å². The molecule has 2 aromatic carbocycles. The van der Waals surface area contributed by atoms with Crippen molar-refractivity contribution < 1.29 is 9.53 Å². The van der Waals surface area contributed by atoms with Crippen LogP contribution in [0.25, 0.3) is 0 Å². The highest BCUT2D eigenvalue weighted by atomic mass is 16.5. The third-order valence-electron chi connectivity index (χ3n) is 3.71. The highest BCUT2D eigenvalue weighted by Gasteiger charge is 2.19. The minimum atomic E-state index is -0.0433. The van der Waals surface area contributed by atoms with Crippen LogP contribution in [0.1, 0.15) is 41.4 Å². The second kappa shape index (κ2) is 7.12. The van der Waals surface area contributed by atoms with Crippen molar-refractivity contribution in [2.75, 3.05) is 7.11 Å². The highest BCUT2D eigenvalue weighted by molar-refractivity contribution is 5.94. The van der Waals surface area contributed by atoms with Gasteiger partial charge in [0.2, 0.25) is 0 Å². The molecule has 0 saturated carbocycles. The van der Waals surface area contributed by atoms with Crippen LogP contribution in [-0.2, 0) is 0 Å². The first-order valence-corrected chi connectivity index (χ1v) is 7.52. The van der Waals surface area contributed by atoms with Gasteiger partial charge in [-0.2, -0.15) is 0 Å². The van der Waals surface area contributed by atoms with E-state index in [-0.39, 0.29) is 11.9 Å². The Balaban J connectivity index is 2.19. The molecule has 2 aromatic rings. The maximum absolute atomic E-state index is 12.5. The van der Waals surface area contributed by atoms with Gasteiger partial charge in [0.05, 0.1) is 13.2 Å². The molecule has 0 aromatic heterocycles. The van der Waals surface area contributed by atoms with Crippen molar-refractivity contribution in [3.05, 3.63) is 65.2 Å². The van der Waals surface area contributed by atoms with Crippen LogP contribution in [0, 0.1) is 12.8 Å². The molecule has 2 rings (SSSR count). The first-order valence-electron chi connectivity index (χ1n) is 7.52. The second-order valence-corrected chi connectivity index (χ2v) is 5.84. The molecule has 0 radical (unpaired) electrons. The largest absolute Gasteiger partial charge is 0.497 e. The second-order valence-electron chi connectivity index (χ2n) is 5.84. The number of methoxy groups -OCH3 is 1. The Morgan fingerprint density at radius 3 is 2.32 bits per heavy atom. The van der Waals surface area contributed by atoms with Crippen molar-refractivity contribution in [1.82, 2.24) is 5.32 Å². The molecule has 1 N–H and O–H groups in total. The lowest BCUT2D eigenvalue weighted by Crippen LogP contribution is -2.31. The minimum Gasteiger partial charge on any atom is -0.497 e. The van der Waals surface area contributed by atoms with E-state index in [1.807, 2.05) is 55.5 Å². The third-order valence-corrected chi connectivity index (χ3v) is 3.71. The number of rotatable bonds is 5. The fraction of sp³-hybridized carbons (Fsp3) is 0.316.